The summed E-state index contributed by atoms with van der Waals surface area (Å²) in [6.07, 6.45) is 4.87. The SMILES string of the molecule is O=C(NC1CCN2CCCCC12)c1ccc(Cl)cc1. The number of benzene rings is 1. The third-order valence-corrected chi connectivity index (χ3v) is 4.53. The third-order valence-electron chi connectivity index (χ3n) is 4.28. The lowest BCUT2D eigenvalue weighted by molar-refractivity contribution is 0.0915. The average Bonchev–Trinajstić information content (AvgIpc) is 2.83. The van der Waals surface area contributed by atoms with Gasteiger partial charge in [-0.3, -0.25) is 9.69 Å². The van der Waals surface area contributed by atoms with Crippen LogP contribution in [0.4, 0.5) is 0 Å². The summed E-state index contributed by atoms with van der Waals surface area (Å²) in [6.45, 7) is 2.31. The first-order chi connectivity index (χ1) is 9.24. The Morgan fingerprint density at radius 2 is 1.95 bits per heavy atom. The van der Waals surface area contributed by atoms with E-state index in [0.29, 0.717) is 22.7 Å². The molecule has 1 amide bonds. The highest BCUT2D eigenvalue weighted by atomic mass is 35.5. The number of fused-ring (bicyclic) bond motifs is 1. The molecule has 0 saturated carbocycles. The van der Waals surface area contributed by atoms with E-state index < -0.39 is 0 Å². The predicted molar refractivity (Wildman–Crippen MR) is 76.5 cm³/mol. The van der Waals surface area contributed by atoms with E-state index in [9.17, 15) is 4.79 Å². The van der Waals surface area contributed by atoms with Gasteiger partial charge >= 0.3 is 0 Å². The molecule has 102 valence electrons. The minimum absolute atomic E-state index is 0.0223. The average molecular weight is 279 g/mol. The van der Waals surface area contributed by atoms with Crippen LogP contribution in [0.15, 0.2) is 24.3 Å². The summed E-state index contributed by atoms with van der Waals surface area (Å²) in [5.41, 5.74) is 0.693. The third kappa shape index (κ3) is 2.77. The van der Waals surface area contributed by atoms with Gasteiger partial charge in [0.05, 0.1) is 0 Å². The first-order valence-corrected chi connectivity index (χ1v) is 7.42. The lowest BCUT2D eigenvalue weighted by Gasteiger charge is -2.32. The van der Waals surface area contributed by atoms with Crippen LogP contribution >= 0.6 is 11.6 Å². The summed E-state index contributed by atoms with van der Waals surface area (Å²) in [5, 5.41) is 3.85. The van der Waals surface area contributed by atoms with Crippen molar-refractivity contribution in [2.24, 2.45) is 0 Å². The van der Waals surface area contributed by atoms with Gasteiger partial charge in [-0.25, -0.2) is 0 Å². The number of nitrogens with zero attached hydrogens (tertiary/aromatic N) is 1. The van der Waals surface area contributed by atoms with Gasteiger partial charge in [-0.1, -0.05) is 18.0 Å². The number of carbonyl (C=O) groups is 1. The van der Waals surface area contributed by atoms with E-state index >= 15 is 0 Å². The Kier molecular flexibility index (Phi) is 3.76. The minimum Gasteiger partial charge on any atom is -0.348 e. The maximum Gasteiger partial charge on any atom is 0.251 e. The number of carbonyl (C=O) groups excluding carboxylic acids is 1. The molecular weight excluding hydrogens is 260 g/mol. The van der Waals surface area contributed by atoms with Crippen LogP contribution in [0, 0.1) is 0 Å². The van der Waals surface area contributed by atoms with Gasteiger partial charge in [0.2, 0.25) is 0 Å². The highest BCUT2D eigenvalue weighted by Crippen LogP contribution is 2.27. The van der Waals surface area contributed by atoms with Crippen molar-refractivity contribution in [2.45, 2.75) is 37.8 Å². The molecule has 0 spiro atoms. The topological polar surface area (TPSA) is 32.3 Å². The van der Waals surface area contributed by atoms with Gasteiger partial charge in [-0.15, -0.1) is 0 Å². The number of hydrogen-bond acceptors (Lipinski definition) is 2. The highest BCUT2D eigenvalue weighted by Gasteiger charge is 2.36. The Balaban J connectivity index is 1.65. The first-order valence-electron chi connectivity index (χ1n) is 7.04. The summed E-state index contributed by atoms with van der Waals surface area (Å²) in [5.74, 6) is 0.0223. The fraction of sp³-hybridized carbons (Fsp3) is 0.533. The molecule has 1 N–H and O–H groups in total. The van der Waals surface area contributed by atoms with Crippen molar-refractivity contribution in [3.05, 3.63) is 34.9 Å². The molecule has 3 rings (SSSR count). The molecule has 2 fully saturated rings. The summed E-state index contributed by atoms with van der Waals surface area (Å²) >= 11 is 5.84. The van der Waals surface area contributed by atoms with E-state index in [0.717, 1.165) is 13.0 Å². The standard InChI is InChI=1S/C15H19ClN2O/c16-12-6-4-11(5-7-12)15(19)17-13-8-10-18-9-2-1-3-14(13)18/h4-7,13-14H,1-3,8-10H2,(H,17,19). The van der Waals surface area contributed by atoms with Gasteiger partial charge in [-0.2, -0.15) is 0 Å². The van der Waals surface area contributed by atoms with Crippen molar-refractivity contribution in [3.8, 4) is 0 Å². The Morgan fingerprint density at radius 3 is 2.74 bits per heavy atom. The van der Waals surface area contributed by atoms with Crippen LogP contribution in [0.1, 0.15) is 36.0 Å². The second-order valence-electron chi connectivity index (χ2n) is 5.47. The molecular formula is C15H19ClN2O. The monoisotopic (exact) mass is 278 g/mol. The van der Waals surface area contributed by atoms with E-state index in [2.05, 4.69) is 10.2 Å². The molecule has 0 aliphatic carbocycles. The molecule has 1 aromatic carbocycles. The maximum absolute atomic E-state index is 12.2. The van der Waals surface area contributed by atoms with Crippen molar-refractivity contribution in [1.29, 1.82) is 0 Å². The zero-order valence-electron chi connectivity index (χ0n) is 10.9. The maximum atomic E-state index is 12.2. The van der Waals surface area contributed by atoms with Crippen molar-refractivity contribution in [2.75, 3.05) is 13.1 Å². The summed E-state index contributed by atoms with van der Waals surface area (Å²) in [7, 11) is 0. The number of halogens is 1. The normalized spacial score (nSPS) is 27.0. The lowest BCUT2D eigenvalue weighted by Crippen LogP contribution is -2.46. The van der Waals surface area contributed by atoms with Crippen molar-refractivity contribution in [3.63, 3.8) is 0 Å². The quantitative estimate of drug-likeness (QED) is 0.902. The van der Waals surface area contributed by atoms with E-state index in [1.165, 1.54) is 25.8 Å². The van der Waals surface area contributed by atoms with Crippen LogP contribution in [0.2, 0.25) is 5.02 Å². The van der Waals surface area contributed by atoms with Crippen molar-refractivity contribution >= 4 is 17.5 Å². The molecule has 3 nitrogen and oxygen atoms in total. The molecule has 2 saturated heterocycles. The minimum atomic E-state index is 0.0223. The van der Waals surface area contributed by atoms with Crippen LogP contribution in [0.25, 0.3) is 0 Å². The van der Waals surface area contributed by atoms with Crippen LogP contribution in [-0.2, 0) is 0 Å². The summed E-state index contributed by atoms with van der Waals surface area (Å²) in [6, 6.07) is 7.94. The number of piperidine rings is 1. The molecule has 0 radical (unpaired) electrons. The van der Waals surface area contributed by atoms with Crippen LogP contribution in [0.3, 0.4) is 0 Å². The molecule has 0 aromatic heterocycles. The van der Waals surface area contributed by atoms with Crippen LogP contribution in [0.5, 0.6) is 0 Å². The molecule has 2 heterocycles. The fourth-order valence-electron chi connectivity index (χ4n) is 3.27. The van der Waals surface area contributed by atoms with Gasteiger partial charge in [0.25, 0.3) is 5.91 Å². The van der Waals surface area contributed by atoms with E-state index in [1.807, 2.05) is 0 Å². The van der Waals surface area contributed by atoms with Gasteiger partial charge in [0.15, 0.2) is 0 Å². The molecule has 0 bridgehead atoms. The molecule has 2 atom stereocenters. The number of nitrogens with one attached hydrogen (secondary N) is 1. The van der Waals surface area contributed by atoms with Gasteiger partial charge in [0.1, 0.15) is 0 Å². The van der Waals surface area contributed by atoms with Crippen molar-refractivity contribution < 1.29 is 4.79 Å². The molecule has 2 unspecified atom stereocenters. The fourth-order valence-corrected chi connectivity index (χ4v) is 3.39. The lowest BCUT2D eigenvalue weighted by atomic mass is 9.99. The molecule has 19 heavy (non-hydrogen) atoms. The molecule has 2 aliphatic rings. The van der Waals surface area contributed by atoms with Gasteiger partial charge in [0, 0.05) is 29.2 Å². The Hall–Kier alpha value is -1.06. The number of amides is 1. The van der Waals surface area contributed by atoms with E-state index in [4.69, 9.17) is 11.6 Å². The van der Waals surface area contributed by atoms with Crippen LogP contribution < -0.4 is 5.32 Å². The second-order valence-corrected chi connectivity index (χ2v) is 5.91. The Labute approximate surface area is 118 Å². The second kappa shape index (κ2) is 5.51. The zero-order valence-corrected chi connectivity index (χ0v) is 11.7. The smallest absolute Gasteiger partial charge is 0.251 e. The van der Waals surface area contributed by atoms with E-state index in [1.54, 1.807) is 24.3 Å². The summed E-state index contributed by atoms with van der Waals surface area (Å²) < 4.78 is 0. The number of hydrogen-bond donors (Lipinski definition) is 1. The Morgan fingerprint density at radius 1 is 1.16 bits per heavy atom. The highest BCUT2D eigenvalue weighted by molar-refractivity contribution is 6.30. The predicted octanol–water partition coefficient (Wildman–Crippen LogP) is 2.70. The van der Waals surface area contributed by atoms with Gasteiger partial charge in [-0.05, 0) is 50.1 Å². The summed E-state index contributed by atoms with van der Waals surface area (Å²) in [4.78, 5) is 14.7. The Bertz CT molecular complexity index is 460. The van der Waals surface area contributed by atoms with Gasteiger partial charge < -0.3 is 5.32 Å². The molecule has 2 aliphatic heterocycles. The number of rotatable bonds is 2. The van der Waals surface area contributed by atoms with E-state index in [-0.39, 0.29) is 5.91 Å². The van der Waals surface area contributed by atoms with Crippen LogP contribution in [-0.4, -0.2) is 36.0 Å². The largest absolute Gasteiger partial charge is 0.348 e. The molecule has 1 aromatic rings. The molecule has 4 heteroatoms. The van der Waals surface area contributed by atoms with Crippen molar-refractivity contribution in [1.82, 2.24) is 10.2 Å². The zero-order chi connectivity index (χ0) is 13.2. The first kappa shape index (κ1) is 12.9.